The summed E-state index contributed by atoms with van der Waals surface area (Å²) >= 11 is 0. The number of hydrogen-bond acceptors (Lipinski definition) is 8. The zero-order valence-corrected chi connectivity index (χ0v) is 8.69. The van der Waals surface area contributed by atoms with Crippen LogP contribution < -0.4 is 4.89 Å². The fourth-order valence-electron chi connectivity index (χ4n) is 0.869. The van der Waals surface area contributed by atoms with Crippen LogP contribution in [0.25, 0.3) is 0 Å². The maximum absolute atomic E-state index is 10.5. The van der Waals surface area contributed by atoms with Crippen molar-refractivity contribution in [1.29, 1.82) is 0 Å². The van der Waals surface area contributed by atoms with Gasteiger partial charge in [0.15, 0.2) is 6.10 Å². The first kappa shape index (κ1) is 15.3. The summed E-state index contributed by atoms with van der Waals surface area (Å²) in [6.07, 6.45) is -7.02. The van der Waals surface area contributed by atoms with Crippen molar-refractivity contribution in [2.24, 2.45) is 0 Å². The molecule has 0 saturated carbocycles. The van der Waals surface area contributed by atoms with Crippen molar-refractivity contribution in [2.45, 2.75) is 23.7 Å². The van der Waals surface area contributed by atoms with E-state index < -0.39 is 44.3 Å². The van der Waals surface area contributed by atoms with Gasteiger partial charge in [-0.3, -0.25) is 0 Å². The van der Waals surface area contributed by atoms with Crippen molar-refractivity contribution in [3.63, 3.8) is 0 Å². The molecule has 0 fully saturated rings. The summed E-state index contributed by atoms with van der Waals surface area (Å²) in [6, 6.07) is 0. The number of aliphatic hydroxyl groups is 5. The van der Waals surface area contributed by atoms with Crippen LogP contribution in [0.5, 0.6) is 0 Å². The molecular weight excluding hydrogens is 247 g/mol. The van der Waals surface area contributed by atoms with Crippen LogP contribution >= 0.6 is 8.03 Å². The second-order valence-electron chi connectivity index (χ2n) is 2.97. The van der Waals surface area contributed by atoms with Gasteiger partial charge in [-0.05, 0) is 0 Å². The molecule has 0 aliphatic carbocycles. The molecule has 0 radical (unpaired) electrons. The third kappa shape index (κ3) is 2.71. The zero-order valence-electron chi connectivity index (χ0n) is 7.79. The van der Waals surface area contributed by atoms with Crippen LogP contribution in [0.3, 0.4) is 0 Å². The van der Waals surface area contributed by atoms with E-state index in [-0.39, 0.29) is 0 Å². The lowest BCUT2D eigenvalue weighted by atomic mass is 10.0. The highest BCUT2D eigenvalue weighted by Gasteiger charge is 2.60. The van der Waals surface area contributed by atoms with E-state index in [1.54, 1.807) is 0 Å². The topological polar surface area (TPSA) is 179 Å². The molecule has 5 unspecified atom stereocenters. The molecule has 0 amide bonds. The molecule has 10 heteroatoms. The molecule has 0 aliphatic rings. The molecule has 0 aromatic carbocycles. The maximum Gasteiger partial charge on any atom is 0.390 e. The molecule has 0 spiro atoms. The summed E-state index contributed by atoms with van der Waals surface area (Å²) < 4.78 is 10.5. The minimum Gasteiger partial charge on any atom is -0.593 e. The van der Waals surface area contributed by atoms with E-state index in [0.29, 0.717) is 0 Å². The number of aliphatic hydroxyl groups excluding tert-OH is 4. The van der Waals surface area contributed by atoms with Crippen LogP contribution in [-0.4, -0.2) is 66.9 Å². The second-order valence-corrected chi connectivity index (χ2v) is 4.17. The average Bonchev–Trinajstić information content (AvgIpc) is 2.23. The molecular formula is C6H11O9P. The summed E-state index contributed by atoms with van der Waals surface area (Å²) in [5.74, 6) is -2.31. The van der Waals surface area contributed by atoms with Crippen LogP contribution in [-0.2, 0) is 9.36 Å². The van der Waals surface area contributed by atoms with Gasteiger partial charge >= 0.3 is 19.3 Å². The van der Waals surface area contributed by atoms with E-state index in [0.717, 1.165) is 0 Å². The molecule has 16 heavy (non-hydrogen) atoms. The first-order valence-corrected chi connectivity index (χ1v) is 5.12. The summed E-state index contributed by atoms with van der Waals surface area (Å²) in [7, 11) is -4.03. The zero-order chi connectivity index (χ0) is 13.1. The Morgan fingerprint density at radius 1 is 1.38 bits per heavy atom. The highest BCUT2D eigenvalue weighted by molar-refractivity contribution is 7.39. The standard InChI is InChI=1S/C6H11O9P/c7-1-2(8)3(9)4(10)6(13,5(11)12)16(14)15/h2-4,7-10,13H,1H2,(H,11,12). The smallest absolute Gasteiger partial charge is 0.390 e. The van der Waals surface area contributed by atoms with E-state index in [9.17, 15) is 14.3 Å². The van der Waals surface area contributed by atoms with Crippen LogP contribution in [0.2, 0.25) is 0 Å². The van der Waals surface area contributed by atoms with E-state index in [4.69, 9.17) is 30.6 Å². The van der Waals surface area contributed by atoms with Gasteiger partial charge in [-0.1, -0.05) is 4.57 Å². The number of hydrogen-bond donors (Lipinski definition) is 6. The molecule has 0 rings (SSSR count). The molecule has 94 valence electrons. The van der Waals surface area contributed by atoms with Gasteiger partial charge in [0.05, 0.1) is 6.61 Å². The SMILES string of the molecule is O=C(O)C(O)(C(O)C(O)C(O)CO)[P+](=O)[O-]. The Hall–Kier alpha value is -0.670. The van der Waals surface area contributed by atoms with Crippen LogP contribution in [0.15, 0.2) is 0 Å². The van der Waals surface area contributed by atoms with Crippen molar-refractivity contribution < 1.29 is 44.9 Å². The third-order valence-corrected chi connectivity index (χ3v) is 2.92. The van der Waals surface area contributed by atoms with E-state index in [2.05, 4.69) is 0 Å². The Balaban J connectivity index is 5.11. The normalized spacial score (nSPS) is 21.8. The van der Waals surface area contributed by atoms with Gasteiger partial charge in [0, 0.05) is 0 Å². The lowest BCUT2D eigenvalue weighted by molar-refractivity contribution is -0.206. The van der Waals surface area contributed by atoms with Crippen molar-refractivity contribution in [1.82, 2.24) is 0 Å². The number of aliphatic carboxylic acids is 1. The van der Waals surface area contributed by atoms with Crippen LogP contribution in [0, 0.1) is 0 Å². The monoisotopic (exact) mass is 258 g/mol. The number of carbonyl (C=O) groups is 1. The van der Waals surface area contributed by atoms with Gasteiger partial charge in [0.1, 0.15) is 12.2 Å². The fraction of sp³-hybridized carbons (Fsp3) is 0.833. The molecule has 0 saturated heterocycles. The number of carboxylic acids is 1. The molecule has 6 N–H and O–H groups in total. The number of carboxylic acid groups (broad SMARTS) is 1. The Labute approximate surface area is 90.1 Å². The predicted octanol–water partition coefficient (Wildman–Crippen LogP) is -4.06. The summed E-state index contributed by atoms with van der Waals surface area (Å²) in [6.45, 7) is -1.05. The molecule has 9 nitrogen and oxygen atoms in total. The molecule has 0 aliphatic heterocycles. The van der Waals surface area contributed by atoms with E-state index in [1.807, 2.05) is 0 Å². The molecule has 0 bridgehead atoms. The van der Waals surface area contributed by atoms with Crippen molar-refractivity contribution >= 4 is 14.0 Å². The van der Waals surface area contributed by atoms with E-state index in [1.165, 1.54) is 0 Å². The van der Waals surface area contributed by atoms with E-state index >= 15 is 0 Å². The number of rotatable bonds is 6. The maximum atomic E-state index is 10.5. The van der Waals surface area contributed by atoms with Gasteiger partial charge in [-0.25, -0.2) is 4.79 Å². The van der Waals surface area contributed by atoms with Crippen molar-refractivity contribution in [2.75, 3.05) is 6.61 Å². The molecule has 0 aromatic rings. The first-order valence-electron chi connectivity index (χ1n) is 3.94. The second kappa shape index (κ2) is 5.60. The Bertz CT molecular complexity index is 265. The minimum atomic E-state index is -4.03. The Morgan fingerprint density at radius 2 is 1.81 bits per heavy atom. The summed E-state index contributed by atoms with van der Waals surface area (Å²) in [5.41, 5.74) is 0. The van der Waals surface area contributed by atoms with Crippen LogP contribution in [0.1, 0.15) is 0 Å². The molecule has 0 heterocycles. The fourth-order valence-corrected chi connectivity index (χ4v) is 1.39. The van der Waals surface area contributed by atoms with Gasteiger partial charge in [0.25, 0.3) is 0 Å². The highest BCUT2D eigenvalue weighted by atomic mass is 31.1. The minimum absolute atomic E-state index is 1.05. The third-order valence-electron chi connectivity index (χ3n) is 1.91. The molecule has 5 atom stereocenters. The quantitative estimate of drug-likeness (QED) is 0.258. The predicted molar refractivity (Wildman–Crippen MR) is 45.3 cm³/mol. The largest absolute Gasteiger partial charge is 0.593 e. The Morgan fingerprint density at radius 3 is 2.06 bits per heavy atom. The first-order chi connectivity index (χ1) is 7.19. The van der Waals surface area contributed by atoms with Crippen molar-refractivity contribution in [3.05, 3.63) is 0 Å². The van der Waals surface area contributed by atoms with Gasteiger partial charge in [-0.15, -0.1) is 0 Å². The van der Waals surface area contributed by atoms with Gasteiger partial charge < -0.3 is 35.5 Å². The van der Waals surface area contributed by atoms with Crippen molar-refractivity contribution in [3.8, 4) is 0 Å². The summed E-state index contributed by atoms with van der Waals surface area (Å²) in [5, 5.41) is 49.4. The average molecular weight is 258 g/mol. The summed E-state index contributed by atoms with van der Waals surface area (Å²) in [4.78, 5) is 21.0. The lowest BCUT2D eigenvalue weighted by Gasteiger charge is -2.26. The van der Waals surface area contributed by atoms with Gasteiger partial charge in [0.2, 0.25) is 0 Å². The highest BCUT2D eigenvalue weighted by Crippen LogP contribution is 2.34. The lowest BCUT2D eigenvalue weighted by Crippen LogP contribution is -2.57. The van der Waals surface area contributed by atoms with Crippen LogP contribution in [0.4, 0.5) is 0 Å². The Kier molecular flexibility index (Phi) is 5.36. The molecule has 0 aromatic heterocycles. The van der Waals surface area contributed by atoms with Gasteiger partial charge in [-0.2, -0.15) is 0 Å².